The predicted octanol–water partition coefficient (Wildman–Crippen LogP) is 3.68. The van der Waals surface area contributed by atoms with Crippen LogP contribution < -0.4 is 4.74 Å². The number of ether oxygens (including phenoxy) is 1. The quantitative estimate of drug-likeness (QED) is 0.673. The smallest absolute Gasteiger partial charge is 0.244 e. The molecule has 0 bridgehead atoms. The number of carbonyl (C=O) groups excluding carboxylic acids is 1. The lowest BCUT2D eigenvalue weighted by molar-refractivity contribution is -0.131. The van der Waals surface area contributed by atoms with Crippen molar-refractivity contribution in [1.82, 2.24) is 14.7 Å². The molecule has 2 fully saturated rings. The van der Waals surface area contributed by atoms with E-state index in [0.29, 0.717) is 42.1 Å². The summed E-state index contributed by atoms with van der Waals surface area (Å²) in [6, 6.07) is 13.5. The highest BCUT2D eigenvalue weighted by atomic mass is 35.5. The van der Waals surface area contributed by atoms with E-state index in [-0.39, 0.29) is 18.6 Å². The number of hydrogen-bond acceptors (Lipinski definition) is 4. The van der Waals surface area contributed by atoms with Crippen LogP contribution >= 0.6 is 11.6 Å². The van der Waals surface area contributed by atoms with Crippen LogP contribution in [0.4, 0.5) is 0 Å². The van der Waals surface area contributed by atoms with E-state index in [1.165, 1.54) is 0 Å². The number of aliphatic hydroxyl groups is 1. The van der Waals surface area contributed by atoms with E-state index in [2.05, 4.69) is 5.10 Å². The number of fused-ring (bicyclic) bond motifs is 2. The molecule has 0 spiro atoms. The topological polar surface area (TPSA) is 67.6 Å². The molecule has 2 aromatic carbocycles. The lowest BCUT2D eigenvalue weighted by Gasteiger charge is -2.35. The predicted molar refractivity (Wildman–Crippen MR) is 119 cm³/mol. The fraction of sp³-hybridized carbons (Fsp3) is 0.417. The summed E-state index contributed by atoms with van der Waals surface area (Å²) in [4.78, 5) is 14.9. The number of aliphatic hydroxyl groups excluding tert-OH is 1. The van der Waals surface area contributed by atoms with Gasteiger partial charge < -0.3 is 14.7 Å². The number of para-hydroxylation sites is 1. The van der Waals surface area contributed by atoms with Gasteiger partial charge in [0.25, 0.3) is 0 Å². The van der Waals surface area contributed by atoms with E-state index >= 15 is 0 Å². The molecule has 1 aromatic heterocycles. The summed E-state index contributed by atoms with van der Waals surface area (Å²) >= 11 is 6.21. The zero-order valence-corrected chi connectivity index (χ0v) is 18.2. The molecule has 0 unspecified atom stereocenters. The molecule has 1 aliphatic heterocycles. The summed E-state index contributed by atoms with van der Waals surface area (Å²) in [6.45, 7) is 3.54. The maximum atomic E-state index is 13.0. The summed E-state index contributed by atoms with van der Waals surface area (Å²) in [5, 5.41) is 16.8. The number of benzene rings is 2. The van der Waals surface area contributed by atoms with Crippen LogP contribution in [0.5, 0.6) is 5.75 Å². The highest BCUT2D eigenvalue weighted by Crippen LogP contribution is 2.39. The molecule has 3 aromatic rings. The van der Waals surface area contributed by atoms with Crippen molar-refractivity contribution in [3.05, 3.63) is 59.2 Å². The van der Waals surface area contributed by atoms with Gasteiger partial charge in [0, 0.05) is 29.1 Å². The van der Waals surface area contributed by atoms with Crippen molar-refractivity contribution in [3.8, 4) is 5.75 Å². The molecule has 7 heteroatoms. The number of hydrogen-bond donors (Lipinski definition) is 1. The maximum Gasteiger partial charge on any atom is 0.244 e. The Labute approximate surface area is 186 Å². The minimum atomic E-state index is -0.551. The van der Waals surface area contributed by atoms with Crippen LogP contribution in [0.25, 0.3) is 10.9 Å². The molecule has 162 valence electrons. The van der Waals surface area contributed by atoms with E-state index in [4.69, 9.17) is 16.3 Å². The van der Waals surface area contributed by atoms with Crippen molar-refractivity contribution in [1.29, 1.82) is 0 Å². The molecule has 4 atom stereocenters. The van der Waals surface area contributed by atoms with Gasteiger partial charge in [0.1, 0.15) is 18.4 Å². The molecule has 1 N–H and O–H groups in total. The highest BCUT2D eigenvalue weighted by Gasteiger charge is 2.44. The summed E-state index contributed by atoms with van der Waals surface area (Å²) < 4.78 is 7.93. The lowest BCUT2D eigenvalue weighted by Crippen LogP contribution is -2.42. The summed E-state index contributed by atoms with van der Waals surface area (Å²) in [6.07, 6.45) is 2.33. The van der Waals surface area contributed by atoms with E-state index in [9.17, 15) is 9.90 Å². The maximum absolute atomic E-state index is 13.0. The summed E-state index contributed by atoms with van der Waals surface area (Å²) in [7, 11) is 0. The SMILES string of the molecule is Cc1c(Cl)cccc1O[C@@H]1C[C@@H]2CN(C(=O)Cn3ncc4ccccc43)C[C@@H]2C[C@H]1O. The van der Waals surface area contributed by atoms with E-state index < -0.39 is 6.10 Å². The van der Waals surface area contributed by atoms with E-state index in [0.717, 1.165) is 22.9 Å². The Hall–Kier alpha value is -2.57. The van der Waals surface area contributed by atoms with Crippen molar-refractivity contribution >= 4 is 28.4 Å². The molecule has 1 aliphatic carbocycles. The van der Waals surface area contributed by atoms with Crippen molar-refractivity contribution in [3.63, 3.8) is 0 Å². The first-order valence-electron chi connectivity index (χ1n) is 10.8. The standard InChI is InChI=1S/C24H26ClN3O3/c1-15-19(25)6-4-8-22(15)31-23-10-18-13-27(12-17(18)9-21(23)29)24(30)14-28-20-7-3-2-5-16(20)11-26-28/h2-8,11,17-18,21,23,29H,9-10,12-14H2,1H3/t17-,18+,21+,23+/m0/s1. The van der Waals surface area contributed by atoms with Gasteiger partial charge in [-0.3, -0.25) is 9.48 Å². The lowest BCUT2D eigenvalue weighted by atomic mass is 9.78. The van der Waals surface area contributed by atoms with Gasteiger partial charge in [0.05, 0.1) is 17.8 Å². The highest BCUT2D eigenvalue weighted by molar-refractivity contribution is 6.31. The average Bonchev–Trinajstić information content (AvgIpc) is 3.36. The third-order valence-corrected chi connectivity index (χ3v) is 7.18. The van der Waals surface area contributed by atoms with E-state index in [1.807, 2.05) is 54.3 Å². The number of amides is 1. The Morgan fingerprint density at radius 1 is 1.16 bits per heavy atom. The molecule has 1 saturated carbocycles. The van der Waals surface area contributed by atoms with Gasteiger partial charge in [-0.05, 0) is 49.8 Å². The first-order valence-corrected chi connectivity index (χ1v) is 11.2. The Bertz CT molecular complexity index is 1110. The van der Waals surface area contributed by atoms with Gasteiger partial charge in [-0.1, -0.05) is 35.9 Å². The van der Waals surface area contributed by atoms with Crippen LogP contribution in [0, 0.1) is 18.8 Å². The van der Waals surface area contributed by atoms with Crippen LogP contribution in [0.3, 0.4) is 0 Å². The van der Waals surface area contributed by atoms with Crippen molar-refractivity contribution in [2.45, 2.75) is 38.5 Å². The second-order valence-electron chi connectivity index (χ2n) is 8.74. The molecular weight excluding hydrogens is 414 g/mol. The largest absolute Gasteiger partial charge is 0.487 e. The third kappa shape index (κ3) is 3.90. The summed E-state index contributed by atoms with van der Waals surface area (Å²) in [5.74, 6) is 1.41. The molecule has 2 aliphatic rings. The fourth-order valence-corrected chi connectivity index (χ4v) is 5.14. The average molecular weight is 440 g/mol. The first kappa shape index (κ1) is 20.3. The number of rotatable bonds is 4. The fourth-order valence-electron chi connectivity index (χ4n) is 4.98. The van der Waals surface area contributed by atoms with Crippen LogP contribution in [-0.4, -0.2) is 51.0 Å². The van der Waals surface area contributed by atoms with Gasteiger partial charge in [-0.15, -0.1) is 0 Å². The molecule has 6 nitrogen and oxygen atoms in total. The van der Waals surface area contributed by atoms with Crippen molar-refractivity contribution in [2.24, 2.45) is 11.8 Å². The Morgan fingerprint density at radius 2 is 1.94 bits per heavy atom. The zero-order chi connectivity index (χ0) is 21.5. The zero-order valence-electron chi connectivity index (χ0n) is 17.4. The molecule has 5 rings (SSSR count). The second kappa shape index (κ2) is 8.17. The van der Waals surface area contributed by atoms with Gasteiger partial charge in [0.15, 0.2) is 0 Å². The molecule has 2 heterocycles. The number of likely N-dealkylation sites (tertiary alicyclic amines) is 1. The van der Waals surface area contributed by atoms with Gasteiger partial charge >= 0.3 is 0 Å². The van der Waals surface area contributed by atoms with Crippen molar-refractivity contribution < 1.29 is 14.6 Å². The van der Waals surface area contributed by atoms with Crippen LogP contribution in [0.2, 0.25) is 5.02 Å². The third-order valence-electron chi connectivity index (χ3n) is 6.77. The molecule has 31 heavy (non-hydrogen) atoms. The summed E-state index contributed by atoms with van der Waals surface area (Å²) in [5.41, 5.74) is 1.85. The van der Waals surface area contributed by atoms with Crippen molar-refractivity contribution in [2.75, 3.05) is 13.1 Å². The Morgan fingerprint density at radius 3 is 2.77 bits per heavy atom. The first-order chi connectivity index (χ1) is 15.0. The van der Waals surface area contributed by atoms with Crippen LogP contribution in [-0.2, 0) is 11.3 Å². The Balaban J connectivity index is 1.25. The monoisotopic (exact) mass is 439 g/mol. The normalized spacial score (nSPS) is 25.6. The molecule has 0 radical (unpaired) electrons. The minimum Gasteiger partial charge on any atom is -0.487 e. The van der Waals surface area contributed by atoms with Crippen LogP contribution in [0.1, 0.15) is 18.4 Å². The number of nitrogens with zero attached hydrogens (tertiary/aromatic N) is 3. The molecule has 1 amide bonds. The van der Waals surface area contributed by atoms with Gasteiger partial charge in [-0.25, -0.2) is 0 Å². The second-order valence-corrected chi connectivity index (χ2v) is 9.15. The molecule has 1 saturated heterocycles. The van der Waals surface area contributed by atoms with E-state index in [1.54, 1.807) is 10.9 Å². The number of halogens is 1. The molecular formula is C24H26ClN3O3. The van der Waals surface area contributed by atoms with Gasteiger partial charge in [0.2, 0.25) is 5.91 Å². The number of carbonyl (C=O) groups is 1. The van der Waals surface area contributed by atoms with Crippen LogP contribution in [0.15, 0.2) is 48.7 Å². The minimum absolute atomic E-state index is 0.0703. The Kier molecular flexibility index (Phi) is 5.36. The number of aromatic nitrogens is 2. The van der Waals surface area contributed by atoms with Gasteiger partial charge in [-0.2, -0.15) is 5.10 Å².